The Morgan fingerprint density at radius 2 is 1.64 bits per heavy atom. The number of hydrogen-bond donors (Lipinski definition) is 0. The van der Waals surface area contributed by atoms with Crippen molar-refractivity contribution in [1.29, 1.82) is 0 Å². The number of nitroso groups, excluding NO2 is 1. The van der Waals surface area contributed by atoms with Crippen LogP contribution in [0.25, 0.3) is 0 Å². The number of carbonyl (C=O) groups excluding carboxylic acids is 1. The largest absolute Gasteiger partial charge is 0.416 e. The van der Waals surface area contributed by atoms with Crippen LogP contribution in [0.2, 0.25) is 0 Å². The van der Waals surface area contributed by atoms with Crippen molar-refractivity contribution in [3.63, 3.8) is 0 Å². The molecule has 0 N–H and O–H groups in total. The van der Waals surface area contributed by atoms with Crippen LogP contribution >= 0.6 is 0 Å². The summed E-state index contributed by atoms with van der Waals surface area (Å²) in [5.41, 5.74) is -2.20. The highest BCUT2D eigenvalue weighted by Gasteiger charge is 2.39. The molecule has 1 unspecified atom stereocenters. The number of urea groups is 1. The number of carbonyl (C=O) groups is 1. The highest BCUT2D eigenvalue weighted by molar-refractivity contribution is 5.75. The fourth-order valence-corrected chi connectivity index (χ4v) is 4.39. The molecule has 0 radical (unpaired) electrons. The SMILES string of the molecule is Cc1cc(F)ccc1[C@H]1CC(N=O)CCN1C(=O)N(C)[C@@H](C)c1cc(C(F)(F)F)cc(C(F)(F)F)c1. The van der Waals surface area contributed by atoms with E-state index in [1.54, 1.807) is 6.92 Å². The van der Waals surface area contributed by atoms with Crippen LogP contribution in [0.4, 0.5) is 35.5 Å². The van der Waals surface area contributed by atoms with Gasteiger partial charge in [-0.05, 0) is 73.7 Å². The van der Waals surface area contributed by atoms with E-state index in [1.807, 2.05) is 0 Å². The Bertz CT molecular complexity index is 1100. The average Bonchev–Trinajstić information content (AvgIpc) is 2.81. The van der Waals surface area contributed by atoms with Crippen LogP contribution in [0.15, 0.2) is 41.6 Å². The number of nitrogens with zero attached hydrogens (tertiary/aromatic N) is 3. The molecule has 0 aromatic heterocycles. The fourth-order valence-electron chi connectivity index (χ4n) is 4.39. The van der Waals surface area contributed by atoms with E-state index in [0.29, 0.717) is 23.3 Å². The number of benzene rings is 2. The lowest BCUT2D eigenvalue weighted by molar-refractivity contribution is -0.143. The minimum absolute atomic E-state index is 0.0303. The first-order chi connectivity index (χ1) is 16.6. The first-order valence-electron chi connectivity index (χ1n) is 11.0. The molecule has 2 amide bonds. The van der Waals surface area contributed by atoms with Gasteiger partial charge in [-0.2, -0.15) is 31.2 Å². The molecular weight excluding hydrogens is 495 g/mol. The summed E-state index contributed by atoms with van der Waals surface area (Å²) in [6, 6.07) is 2.06. The van der Waals surface area contributed by atoms with E-state index in [9.17, 15) is 40.4 Å². The Labute approximate surface area is 202 Å². The lowest BCUT2D eigenvalue weighted by Gasteiger charge is -2.41. The van der Waals surface area contributed by atoms with E-state index in [-0.39, 0.29) is 31.0 Å². The minimum atomic E-state index is -5.02. The zero-order valence-corrected chi connectivity index (χ0v) is 19.6. The average molecular weight is 519 g/mol. The van der Waals surface area contributed by atoms with Gasteiger partial charge in [-0.15, -0.1) is 0 Å². The summed E-state index contributed by atoms with van der Waals surface area (Å²) in [4.78, 5) is 27.1. The van der Waals surface area contributed by atoms with Crippen molar-refractivity contribution in [3.8, 4) is 0 Å². The van der Waals surface area contributed by atoms with Gasteiger partial charge in [0.05, 0.1) is 29.3 Å². The Morgan fingerprint density at radius 1 is 1.06 bits per heavy atom. The number of rotatable bonds is 4. The fraction of sp³-hybridized carbons (Fsp3) is 0.458. The first-order valence-corrected chi connectivity index (χ1v) is 11.0. The Balaban J connectivity index is 1.97. The third kappa shape index (κ3) is 5.79. The second-order valence-corrected chi connectivity index (χ2v) is 8.90. The highest BCUT2D eigenvalue weighted by Crippen LogP contribution is 2.39. The molecule has 2 aromatic carbocycles. The van der Waals surface area contributed by atoms with Crippen molar-refractivity contribution in [2.24, 2.45) is 5.18 Å². The predicted molar refractivity (Wildman–Crippen MR) is 117 cm³/mol. The van der Waals surface area contributed by atoms with Gasteiger partial charge in [-0.3, -0.25) is 0 Å². The van der Waals surface area contributed by atoms with E-state index in [4.69, 9.17) is 0 Å². The normalized spacial score (nSPS) is 19.7. The number of halogens is 7. The van der Waals surface area contributed by atoms with Crippen LogP contribution in [-0.4, -0.2) is 35.5 Å². The van der Waals surface area contributed by atoms with Crippen LogP contribution in [0.3, 0.4) is 0 Å². The van der Waals surface area contributed by atoms with Gasteiger partial charge < -0.3 is 9.80 Å². The molecular formula is C24H24F7N3O2. The second-order valence-electron chi connectivity index (χ2n) is 8.90. The molecule has 1 heterocycles. The van der Waals surface area contributed by atoms with Crippen LogP contribution in [0.5, 0.6) is 0 Å². The summed E-state index contributed by atoms with van der Waals surface area (Å²) >= 11 is 0. The molecule has 2 aromatic rings. The Hall–Kier alpha value is -3.18. The monoisotopic (exact) mass is 519 g/mol. The maximum Gasteiger partial charge on any atom is 0.416 e. The molecule has 196 valence electrons. The maximum absolute atomic E-state index is 13.7. The number of amides is 2. The summed E-state index contributed by atoms with van der Waals surface area (Å²) in [7, 11) is 1.28. The molecule has 1 fully saturated rings. The van der Waals surface area contributed by atoms with Gasteiger partial charge in [0.15, 0.2) is 0 Å². The minimum Gasteiger partial charge on any atom is -0.321 e. The van der Waals surface area contributed by atoms with E-state index in [2.05, 4.69) is 5.18 Å². The third-order valence-electron chi connectivity index (χ3n) is 6.54. The van der Waals surface area contributed by atoms with Crippen molar-refractivity contribution in [2.75, 3.05) is 13.6 Å². The molecule has 5 nitrogen and oxygen atoms in total. The van der Waals surface area contributed by atoms with E-state index < -0.39 is 53.5 Å². The van der Waals surface area contributed by atoms with Gasteiger partial charge in [-0.25, -0.2) is 9.18 Å². The van der Waals surface area contributed by atoms with Crippen molar-refractivity contribution in [3.05, 3.63) is 74.9 Å². The molecule has 3 atom stereocenters. The number of alkyl halides is 6. The predicted octanol–water partition coefficient (Wildman–Crippen LogP) is 7.26. The summed E-state index contributed by atoms with van der Waals surface area (Å²) < 4.78 is 93.5. The van der Waals surface area contributed by atoms with Crippen LogP contribution in [0.1, 0.15) is 59.7 Å². The number of aryl methyl sites for hydroxylation is 1. The second kappa shape index (κ2) is 10.1. The van der Waals surface area contributed by atoms with E-state index >= 15 is 0 Å². The van der Waals surface area contributed by atoms with E-state index in [0.717, 1.165) is 4.90 Å². The van der Waals surface area contributed by atoms with Gasteiger partial charge in [0.25, 0.3) is 0 Å². The van der Waals surface area contributed by atoms with Crippen LogP contribution < -0.4 is 0 Å². The molecule has 3 rings (SSSR count). The van der Waals surface area contributed by atoms with Crippen molar-refractivity contribution < 1.29 is 35.5 Å². The van der Waals surface area contributed by atoms with Gasteiger partial charge >= 0.3 is 18.4 Å². The summed E-state index contributed by atoms with van der Waals surface area (Å²) in [5.74, 6) is -0.495. The summed E-state index contributed by atoms with van der Waals surface area (Å²) in [5, 5.41) is 3.07. The van der Waals surface area contributed by atoms with E-state index in [1.165, 1.54) is 37.1 Å². The first kappa shape index (κ1) is 27.4. The van der Waals surface area contributed by atoms with Crippen molar-refractivity contribution in [1.82, 2.24) is 9.80 Å². The molecule has 0 spiro atoms. The van der Waals surface area contributed by atoms with Gasteiger partial charge in [0.1, 0.15) is 5.82 Å². The van der Waals surface area contributed by atoms with Gasteiger partial charge in [0.2, 0.25) is 0 Å². The molecule has 12 heteroatoms. The summed E-state index contributed by atoms with van der Waals surface area (Å²) in [6.07, 6.45) is -9.66. The number of piperidine rings is 1. The molecule has 1 aliphatic rings. The summed E-state index contributed by atoms with van der Waals surface area (Å²) in [6.45, 7) is 3.03. The lowest BCUT2D eigenvalue weighted by Crippen LogP contribution is -2.48. The van der Waals surface area contributed by atoms with Crippen LogP contribution in [0, 0.1) is 17.6 Å². The van der Waals surface area contributed by atoms with Gasteiger partial charge in [-0.1, -0.05) is 11.2 Å². The zero-order chi connectivity index (χ0) is 27.0. The Morgan fingerprint density at radius 3 is 2.14 bits per heavy atom. The number of hydrogen-bond acceptors (Lipinski definition) is 3. The topological polar surface area (TPSA) is 53.0 Å². The Kier molecular flexibility index (Phi) is 7.66. The van der Waals surface area contributed by atoms with Crippen molar-refractivity contribution >= 4 is 6.03 Å². The third-order valence-corrected chi connectivity index (χ3v) is 6.54. The molecule has 0 aliphatic carbocycles. The lowest BCUT2D eigenvalue weighted by atomic mass is 9.90. The van der Waals surface area contributed by atoms with Crippen molar-refractivity contribution in [2.45, 2.75) is 57.2 Å². The smallest absolute Gasteiger partial charge is 0.321 e. The number of likely N-dealkylation sites (tertiary alicyclic amines) is 1. The molecule has 0 bridgehead atoms. The molecule has 1 aliphatic heterocycles. The zero-order valence-electron chi connectivity index (χ0n) is 19.6. The quantitative estimate of drug-likeness (QED) is 0.316. The maximum atomic E-state index is 13.7. The highest BCUT2D eigenvalue weighted by atomic mass is 19.4. The molecule has 1 saturated heterocycles. The van der Waals surface area contributed by atoms with Crippen LogP contribution in [-0.2, 0) is 12.4 Å². The molecule has 0 saturated carbocycles. The standard InChI is InChI=1S/C24H24F7N3O2/c1-13-8-18(25)4-5-20(13)21-12-19(32-36)6-7-34(21)22(35)33(3)14(2)15-9-16(23(26,27)28)11-17(10-15)24(29,30)31/h4-5,8-11,14,19,21H,6-7,12H2,1-3H3/t14-,19?,21+/m0/s1. The van der Waals surface area contributed by atoms with Gasteiger partial charge in [0, 0.05) is 13.6 Å². The molecule has 36 heavy (non-hydrogen) atoms.